The third kappa shape index (κ3) is 1.26. The fourth-order valence-corrected chi connectivity index (χ4v) is 1.56. The highest BCUT2D eigenvalue weighted by atomic mass is 79.9. The SMILES string of the molecule is Fc1c(Br)ccc(C2CC2)c1F. The Morgan fingerprint density at radius 1 is 1.17 bits per heavy atom. The summed E-state index contributed by atoms with van der Waals surface area (Å²) < 4.78 is 26.3. The average molecular weight is 233 g/mol. The highest BCUT2D eigenvalue weighted by Gasteiger charge is 2.28. The van der Waals surface area contributed by atoms with E-state index in [0.29, 0.717) is 5.56 Å². The smallest absolute Gasteiger partial charge is 0.173 e. The summed E-state index contributed by atoms with van der Waals surface area (Å²) in [5, 5.41) is 0. The number of rotatable bonds is 1. The Kier molecular flexibility index (Phi) is 1.91. The molecular formula is C9H7BrF2. The maximum absolute atomic E-state index is 13.1. The molecule has 0 bridgehead atoms. The quantitative estimate of drug-likeness (QED) is 0.650. The molecule has 1 saturated carbocycles. The summed E-state index contributed by atoms with van der Waals surface area (Å²) >= 11 is 2.93. The highest BCUT2D eigenvalue weighted by Crippen LogP contribution is 2.42. The summed E-state index contributed by atoms with van der Waals surface area (Å²) in [6.45, 7) is 0. The lowest BCUT2D eigenvalue weighted by Crippen LogP contribution is -1.92. The Balaban J connectivity index is 2.49. The van der Waals surface area contributed by atoms with Crippen molar-refractivity contribution >= 4 is 15.9 Å². The Morgan fingerprint density at radius 2 is 1.83 bits per heavy atom. The zero-order chi connectivity index (χ0) is 8.72. The minimum atomic E-state index is -0.764. The van der Waals surface area contributed by atoms with Gasteiger partial charge in [0.15, 0.2) is 11.6 Å². The lowest BCUT2D eigenvalue weighted by molar-refractivity contribution is 0.495. The first-order valence-corrected chi connectivity index (χ1v) is 4.63. The van der Waals surface area contributed by atoms with Crippen LogP contribution in [0.3, 0.4) is 0 Å². The van der Waals surface area contributed by atoms with Gasteiger partial charge in [0.05, 0.1) is 4.47 Å². The first kappa shape index (κ1) is 8.17. The van der Waals surface area contributed by atoms with Gasteiger partial charge < -0.3 is 0 Å². The fourth-order valence-electron chi connectivity index (χ4n) is 1.25. The third-order valence-electron chi connectivity index (χ3n) is 2.08. The third-order valence-corrected chi connectivity index (χ3v) is 2.69. The number of benzene rings is 1. The minimum absolute atomic E-state index is 0.199. The van der Waals surface area contributed by atoms with E-state index in [1.165, 1.54) is 0 Å². The lowest BCUT2D eigenvalue weighted by Gasteiger charge is -2.02. The van der Waals surface area contributed by atoms with E-state index < -0.39 is 11.6 Å². The molecule has 3 heteroatoms. The van der Waals surface area contributed by atoms with E-state index in [0.717, 1.165) is 12.8 Å². The maximum atomic E-state index is 13.1. The van der Waals surface area contributed by atoms with Crippen LogP contribution in [-0.4, -0.2) is 0 Å². The lowest BCUT2D eigenvalue weighted by atomic mass is 10.1. The molecule has 0 heterocycles. The van der Waals surface area contributed by atoms with Crippen molar-refractivity contribution in [2.75, 3.05) is 0 Å². The monoisotopic (exact) mass is 232 g/mol. The van der Waals surface area contributed by atoms with Gasteiger partial charge in [0.25, 0.3) is 0 Å². The summed E-state index contributed by atoms with van der Waals surface area (Å²) in [4.78, 5) is 0. The van der Waals surface area contributed by atoms with E-state index in [1.807, 2.05) is 0 Å². The molecule has 1 fully saturated rings. The molecule has 0 saturated heterocycles. The van der Waals surface area contributed by atoms with Gasteiger partial charge in [-0.15, -0.1) is 0 Å². The second-order valence-electron chi connectivity index (χ2n) is 3.04. The highest BCUT2D eigenvalue weighted by molar-refractivity contribution is 9.10. The zero-order valence-electron chi connectivity index (χ0n) is 6.28. The van der Waals surface area contributed by atoms with Gasteiger partial charge in [0.2, 0.25) is 0 Å². The summed E-state index contributed by atoms with van der Waals surface area (Å²) in [5.41, 5.74) is 0.524. The van der Waals surface area contributed by atoms with Gasteiger partial charge in [-0.3, -0.25) is 0 Å². The predicted octanol–water partition coefficient (Wildman–Crippen LogP) is 3.60. The fraction of sp³-hybridized carbons (Fsp3) is 0.333. The molecule has 0 spiro atoms. The van der Waals surface area contributed by atoms with Crippen LogP contribution >= 0.6 is 15.9 Å². The van der Waals surface area contributed by atoms with Crippen LogP contribution in [0.2, 0.25) is 0 Å². The average Bonchev–Trinajstić information content (AvgIpc) is 2.84. The van der Waals surface area contributed by atoms with E-state index >= 15 is 0 Å². The van der Waals surface area contributed by atoms with Crippen LogP contribution < -0.4 is 0 Å². The van der Waals surface area contributed by atoms with Crippen LogP contribution in [-0.2, 0) is 0 Å². The molecule has 1 aromatic rings. The van der Waals surface area contributed by atoms with Gasteiger partial charge in [0, 0.05) is 0 Å². The molecule has 0 nitrogen and oxygen atoms in total. The maximum Gasteiger partial charge on any atom is 0.173 e. The molecule has 0 aromatic heterocycles. The van der Waals surface area contributed by atoms with Crippen LogP contribution in [0.1, 0.15) is 24.3 Å². The summed E-state index contributed by atoms with van der Waals surface area (Å²) in [5.74, 6) is -1.20. The molecule has 1 aliphatic rings. The van der Waals surface area contributed by atoms with Crippen molar-refractivity contribution in [1.82, 2.24) is 0 Å². The van der Waals surface area contributed by atoms with E-state index in [1.54, 1.807) is 12.1 Å². The first-order chi connectivity index (χ1) is 5.70. The van der Waals surface area contributed by atoms with Crippen molar-refractivity contribution < 1.29 is 8.78 Å². The van der Waals surface area contributed by atoms with Crippen LogP contribution in [0, 0.1) is 11.6 Å². The summed E-state index contributed by atoms with van der Waals surface area (Å²) in [7, 11) is 0. The number of hydrogen-bond acceptors (Lipinski definition) is 0. The second kappa shape index (κ2) is 2.80. The second-order valence-corrected chi connectivity index (χ2v) is 3.89. The van der Waals surface area contributed by atoms with Crippen molar-refractivity contribution in [2.24, 2.45) is 0 Å². The van der Waals surface area contributed by atoms with Crippen LogP contribution in [0.4, 0.5) is 8.78 Å². The van der Waals surface area contributed by atoms with Crippen molar-refractivity contribution in [1.29, 1.82) is 0 Å². The molecular weight excluding hydrogens is 226 g/mol. The largest absolute Gasteiger partial charge is 0.203 e. The number of hydrogen-bond donors (Lipinski definition) is 0. The van der Waals surface area contributed by atoms with Crippen LogP contribution in [0.25, 0.3) is 0 Å². The van der Waals surface area contributed by atoms with Crippen molar-refractivity contribution in [3.63, 3.8) is 0 Å². The van der Waals surface area contributed by atoms with Crippen molar-refractivity contribution in [2.45, 2.75) is 18.8 Å². The van der Waals surface area contributed by atoms with E-state index in [9.17, 15) is 8.78 Å². The molecule has 64 valence electrons. The van der Waals surface area contributed by atoms with Crippen LogP contribution in [0.15, 0.2) is 16.6 Å². The normalized spacial score (nSPS) is 16.6. The van der Waals surface area contributed by atoms with Gasteiger partial charge >= 0.3 is 0 Å². The molecule has 0 radical (unpaired) electrons. The topological polar surface area (TPSA) is 0 Å². The summed E-state index contributed by atoms with van der Waals surface area (Å²) in [6, 6.07) is 3.21. The molecule has 2 rings (SSSR count). The Hall–Kier alpha value is -0.440. The molecule has 12 heavy (non-hydrogen) atoms. The van der Waals surface area contributed by atoms with E-state index in [2.05, 4.69) is 15.9 Å². The van der Waals surface area contributed by atoms with Crippen LogP contribution in [0.5, 0.6) is 0 Å². The van der Waals surface area contributed by atoms with Gasteiger partial charge in [-0.05, 0) is 46.3 Å². The molecule has 0 atom stereocenters. The molecule has 1 aromatic carbocycles. The Bertz CT molecular complexity index is 319. The minimum Gasteiger partial charge on any atom is -0.203 e. The molecule has 0 aliphatic heterocycles. The van der Waals surface area contributed by atoms with E-state index in [4.69, 9.17) is 0 Å². The van der Waals surface area contributed by atoms with Gasteiger partial charge in [-0.2, -0.15) is 0 Å². The van der Waals surface area contributed by atoms with Crippen molar-refractivity contribution in [3.8, 4) is 0 Å². The Labute approximate surface area is 77.7 Å². The molecule has 0 unspecified atom stereocenters. The number of halogens is 3. The molecule has 0 amide bonds. The van der Waals surface area contributed by atoms with E-state index in [-0.39, 0.29) is 10.4 Å². The van der Waals surface area contributed by atoms with Gasteiger partial charge in [-0.1, -0.05) is 6.07 Å². The summed E-state index contributed by atoms with van der Waals surface area (Å²) in [6.07, 6.45) is 1.97. The Morgan fingerprint density at radius 3 is 2.42 bits per heavy atom. The first-order valence-electron chi connectivity index (χ1n) is 3.83. The van der Waals surface area contributed by atoms with Gasteiger partial charge in [0.1, 0.15) is 0 Å². The predicted molar refractivity (Wildman–Crippen MR) is 46.0 cm³/mol. The molecule has 1 aliphatic carbocycles. The van der Waals surface area contributed by atoms with Gasteiger partial charge in [-0.25, -0.2) is 8.78 Å². The van der Waals surface area contributed by atoms with Crippen molar-refractivity contribution in [3.05, 3.63) is 33.8 Å². The standard InChI is InChI=1S/C9H7BrF2/c10-7-4-3-6(5-1-2-5)8(11)9(7)12/h3-5H,1-2H2. The molecule has 0 N–H and O–H groups in total. The zero-order valence-corrected chi connectivity index (χ0v) is 7.87.